The zero-order valence-electron chi connectivity index (χ0n) is 18.9. The van der Waals surface area contributed by atoms with Crippen LogP contribution in [0.15, 0.2) is 53.6 Å². The van der Waals surface area contributed by atoms with Crippen LogP contribution in [-0.2, 0) is 17.8 Å². The zero-order valence-corrected chi connectivity index (χ0v) is 19.7. The molecule has 6 nitrogen and oxygen atoms in total. The van der Waals surface area contributed by atoms with E-state index in [2.05, 4.69) is 18.0 Å². The van der Waals surface area contributed by atoms with Crippen LogP contribution in [0.4, 0.5) is 0 Å². The van der Waals surface area contributed by atoms with Gasteiger partial charge in [0.25, 0.3) is 0 Å². The number of pyridine rings is 1. The van der Waals surface area contributed by atoms with E-state index in [1.165, 1.54) is 11.8 Å². The van der Waals surface area contributed by atoms with E-state index >= 15 is 0 Å². The maximum Gasteiger partial charge on any atom is 0.321 e. The molecule has 1 aliphatic heterocycles. The van der Waals surface area contributed by atoms with E-state index in [4.69, 9.17) is 14.5 Å². The highest BCUT2D eigenvalue weighted by atomic mass is 32.2. The lowest BCUT2D eigenvalue weighted by Gasteiger charge is -2.28. The van der Waals surface area contributed by atoms with Gasteiger partial charge in [0.1, 0.15) is 22.6 Å². The summed E-state index contributed by atoms with van der Waals surface area (Å²) < 4.78 is 10.8. The molecule has 2 aromatic carbocycles. The number of fused-ring (bicyclic) bond motifs is 1. The largest absolute Gasteiger partial charge is 0.497 e. The van der Waals surface area contributed by atoms with Crippen LogP contribution in [0, 0.1) is 18.3 Å². The Balaban J connectivity index is 1.66. The monoisotopic (exact) mass is 459 g/mol. The SMILES string of the molecule is COc1ccc(-c2c(C#N)c(SCC(=O)Oc3cccc(C)c3)nc3c2CN(C)CC3)cc1. The molecule has 0 saturated carbocycles. The first-order chi connectivity index (χ1) is 16.0. The molecule has 4 rings (SSSR count). The van der Waals surface area contributed by atoms with Crippen molar-refractivity contribution >= 4 is 17.7 Å². The standard InChI is InChI=1S/C26H25N3O3S/c1-17-5-4-6-20(13-17)32-24(30)16-33-26-21(14-27)25(18-7-9-19(31-3)10-8-18)22-15-29(2)12-11-23(22)28-26/h4-10,13H,11-12,15-16H2,1-3H3. The quantitative estimate of drug-likeness (QED) is 0.302. The third-order valence-corrected chi connectivity index (χ3v) is 6.50. The molecule has 0 N–H and O–H groups in total. The second-order valence-corrected chi connectivity index (χ2v) is 8.96. The molecular formula is C26H25N3O3S. The van der Waals surface area contributed by atoms with Crippen LogP contribution in [0.2, 0.25) is 0 Å². The Bertz CT molecular complexity index is 1220. The van der Waals surface area contributed by atoms with E-state index < -0.39 is 0 Å². The van der Waals surface area contributed by atoms with Crippen LogP contribution in [0.3, 0.4) is 0 Å². The summed E-state index contributed by atoms with van der Waals surface area (Å²) in [5.41, 5.74) is 5.37. The highest BCUT2D eigenvalue weighted by Gasteiger charge is 2.25. The molecule has 0 atom stereocenters. The predicted molar refractivity (Wildman–Crippen MR) is 129 cm³/mol. The average molecular weight is 460 g/mol. The first-order valence-corrected chi connectivity index (χ1v) is 11.7. The Morgan fingerprint density at radius 1 is 1.21 bits per heavy atom. The summed E-state index contributed by atoms with van der Waals surface area (Å²) in [4.78, 5) is 19.5. The van der Waals surface area contributed by atoms with Gasteiger partial charge in [0.05, 0.1) is 18.4 Å². The molecule has 0 amide bonds. The van der Waals surface area contributed by atoms with Gasteiger partial charge in [0.2, 0.25) is 0 Å². The van der Waals surface area contributed by atoms with E-state index in [1.807, 2.05) is 49.4 Å². The molecule has 0 aliphatic carbocycles. The van der Waals surface area contributed by atoms with E-state index in [0.717, 1.165) is 53.2 Å². The molecule has 0 radical (unpaired) electrons. The topological polar surface area (TPSA) is 75.4 Å². The number of hydrogen-bond acceptors (Lipinski definition) is 7. The second-order valence-electron chi connectivity index (χ2n) is 8.00. The van der Waals surface area contributed by atoms with Gasteiger partial charge in [-0.1, -0.05) is 36.0 Å². The van der Waals surface area contributed by atoms with Crippen molar-refractivity contribution in [3.63, 3.8) is 0 Å². The normalized spacial score (nSPS) is 13.2. The highest BCUT2D eigenvalue weighted by molar-refractivity contribution is 7.99. The van der Waals surface area contributed by atoms with Gasteiger partial charge in [-0.05, 0) is 54.9 Å². The number of aromatic nitrogens is 1. The molecule has 1 aromatic heterocycles. The Morgan fingerprint density at radius 2 is 2.00 bits per heavy atom. The first kappa shape index (κ1) is 22.8. The molecule has 2 heterocycles. The summed E-state index contributed by atoms with van der Waals surface area (Å²) in [5.74, 6) is 0.961. The second kappa shape index (κ2) is 10.1. The minimum absolute atomic E-state index is 0.0658. The minimum Gasteiger partial charge on any atom is -0.497 e. The van der Waals surface area contributed by atoms with E-state index in [9.17, 15) is 10.1 Å². The highest BCUT2D eigenvalue weighted by Crippen LogP contribution is 2.37. The minimum atomic E-state index is -0.375. The average Bonchev–Trinajstić information content (AvgIpc) is 2.82. The molecule has 168 valence electrons. The fourth-order valence-electron chi connectivity index (χ4n) is 3.92. The van der Waals surface area contributed by atoms with Gasteiger partial charge < -0.3 is 14.4 Å². The van der Waals surface area contributed by atoms with Crippen molar-refractivity contribution in [2.75, 3.05) is 26.5 Å². The summed E-state index contributed by atoms with van der Waals surface area (Å²) >= 11 is 1.25. The number of rotatable bonds is 6. The van der Waals surface area contributed by atoms with E-state index in [1.54, 1.807) is 13.2 Å². The van der Waals surface area contributed by atoms with E-state index in [0.29, 0.717) is 16.3 Å². The van der Waals surface area contributed by atoms with Crippen molar-refractivity contribution in [1.82, 2.24) is 9.88 Å². The van der Waals surface area contributed by atoms with Crippen molar-refractivity contribution < 1.29 is 14.3 Å². The molecule has 33 heavy (non-hydrogen) atoms. The molecule has 0 spiro atoms. The number of esters is 1. The van der Waals surface area contributed by atoms with Crippen molar-refractivity contribution in [1.29, 1.82) is 5.26 Å². The molecule has 0 unspecified atom stereocenters. The molecule has 0 bridgehead atoms. The maximum atomic E-state index is 12.5. The zero-order chi connectivity index (χ0) is 23.4. The maximum absolute atomic E-state index is 12.5. The van der Waals surface area contributed by atoms with Crippen LogP contribution < -0.4 is 9.47 Å². The number of nitrogens with zero attached hydrogens (tertiary/aromatic N) is 3. The third kappa shape index (κ3) is 5.19. The lowest BCUT2D eigenvalue weighted by molar-refractivity contribution is -0.131. The van der Waals surface area contributed by atoms with Gasteiger partial charge in [-0.15, -0.1) is 0 Å². The Kier molecular flexibility index (Phi) is 6.97. The number of methoxy groups -OCH3 is 1. The third-order valence-electron chi connectivity index (χ3n) is 5.55. The summed E-state index contributed by atoms with van der Waals surface area (Å²) in [5, 5.41) is 10.7. The molecule has 0 saturated heterocycles. The Hall–Kier alpha value is -3.34. The van der Waals surface area contributed by atoms with Crippen molar-refractivity contribution in [2.45, 2.75) is 24.9 Å². The number of likely N-dealkylation sites (N-methyl/N-ethyl adjacent to an activating group) is 1. The summed E-state index contributed by atoms with van der Waals surface area (Å²) in [6.07, 6.45) is 0.794. The Labute approximate surface area is 198 Å². The van der Waals surface area contributed by atoms with Crippen LogP contribution in [0.25, 0.3) is 11.1 Å². The fraction of sp³-hybridized carbons (Fsp3) is 0.269. The van der Waals surface area contributed by atoms with Crippen molar-refractivity contribution in [3.8, 4) is 28.7 Å². The fourth-order valence-corrected chi connectivity index (χ4v) is 4.70. The van der Waals surface area contributed by atoms with Crippen molar-refractivity contribution in [2.24, 2.45) is 0 Å². The Morgan fingerprint density at radius 3 is 2.70 bits per heavy atom. The van der Waals surface area contributed by atoms with Gasteiger partial charge in [-0.3, -0.25) is 4.79 Å². The predicted octanol–water partition coefficient (Wildman–Crippen LogP) is 4.62. The number of thioether (sulfide) groups is 1. The number of aryl methyl sites for hydroxylation is 1. The van der Waals surface area contributed by atoms with Crippen LogP contribution >= 0.6 is 11.8 Å². The number of hydrogen-bond donors (Lipinski definition) is 0. The van der Waals surface area contributed by atoms with Crippen molar-refractivity contribution in [3.05, 3.63) is 70.9 Å². The molecule has 1 aliphatic rings. The summed E-state index contributed by atoms with van der Waals surface area (Å²) in [6.45, 7) is 3.56. The number of carbonyl (C=O) groups excluding carboxylic acids is 1. The van der Waals surface area contributed by atoms with Gasteiger partial charge in [0.15, 0.2) is 0 Å². The molecule has 7 heteroatoms. The van der Waals surface area contributed by atoms with Crippen LogP contribution in [0.5, 0.6) is 11.5 Å². The number of benzene rings is 2. The molecular weight excluding hydrogens is 434 g/mol. The van der Waals surface area contributed by atoms with E-state index in [-0.39, 0.29) is 11.7 Å². The molecule has 0 fully saturated rings. The van der Waals surface area contributed by atoms with Gasteiger partial charge in [-0.2, -0.15) is 5.26 Å². The van der Waals surface area contributed by atoms with Crippen LogP contribution in [-0.4, -0.2) is 42.3 Å². The van der Waals surface area contributed by atoms with Crippen LogP contribution in [0.1, 0.15) is 22.4 Å². The van der Waals surface area contributed by atoms with Gasteiger partial charge in [0, 0.05) is 30.8 Å². The summed E-state index contributed by atoms with van der Waals surface area (Å²) in [6, 6.07) is 17.4. The first-order valence-electron chi connectivity index (χ1n) is 10.7. The summed E-state index contributed by atoms with van der Waals surface area (Å²) in [7, 11) is 3.69. The molecule has 3 aromatic rings. The lowest BCUT2D eigenvalue weighted by Crippen LogP contribution is -2.28. The van der Waals surface area contributed by atoms with Gasteiger partial charge >= 0.3 is 5.97 Å². The number of carbonyl (C=O) groups is 1. The lowest BCUT2D eigenvalue weighted by atomic mass is 9.92. The number of ether oxygens (including phenoxy) is 2. The number of nitriles is 1. The smallest absolute Gasteiger partial charge is 0.321 e. The van der Waals surface area contributed by atoms with Gasteiger partial charge in [-0.25, -0.2) is 4.98 Å².